The first-order valence-electron chi connectivity index (χ1n) is 11.3. The van der Waals surface area contributed by atoms with E-state index in [-0.39, 0.29) is 11.7 Å². The number of hydrogen-bond acceptors (Lipinski definition) is 4. The number of rotatable bonds is 9. The van der Waals surface area contributed by atoms with E-state index in [0.29, 0.717) is 12.4 Å². The van der Waals surface area contributed by atoms with Gasteiger partial charge in [-0.05, 0) is 54.2 Å². The van der Waals surface area contributed by atoms with Crippen molar-refractivity contribution in [3.63, 3.8) is 0 Å². The second kappa shape index (κ2) is 9.77. The van der Waals surface area contributed by atoms with Gasteiger partial charge in [-0.2, -0.15) is 5.21 Å². The average Bonchev–Trinajstić information content (AvgIpc) is 3.47. The van der Waals surface area contributed by atoms with Crippen molar-refractivity contribution < 1.29 is 0 Å². The molecule has 0 radical (unpaired) electrons. The first-order valence-corrected chi connectivity index (χ1v) is 11.3. The fourth-order valence-electron chi connectivity index (χ4n) is 3.99. The van der Waals surface area contributed by atoms with Gasteiger partial charge < -0.3 is 0 Å². The standard InChI is InChI=1S/C25H30N6O/c1-4-6-12-21-17-30(18(3)5-2)25(32)31(21)16-19-13-14-22(20-10-8-7-9-11-20)23(15-19)24-26-28-29-27-24/h7-11,13-15,17-18H,4-6,12,16H2,1-3H3,(H,26,27,28,29). The Morgan fingerprint density at radius 3 is 2.56 bits per heavy atom. The maximum Gasteiger partial charge on any atom is 0.328 e. The van der Waals surface area contributed by atoms with Crippen LogP contribution in [0.2, 0.25) is 0 Å². The lowest BCUT2D eigenvalue weighted by atomic mass is 9.97. The van der Waals surface area contributed by atoms with Crippen molar-refractivity contribution in [1.29, 1.82) is 0 Å². The van der Waals surface area contributed by atoms with Crippen LogP contribution in [0.15, 0.2) is 59.5 Å². The summed E-state index contributed by atoms with van der Waals surface area (Å²) in [6.45, 7) is 6.90. The summed E-state index contributed by atoms with van der Waals surface area (Å²) >= 11 is 0. The molecule has 1 atom stereocenters. The normalized spacial score (nSPS) is 12.2. The average molecular weight is 431 g/mol. The van der Waals surface area contributed by atoms with E-state index in [1.807, 2.05) is 33.5 Å². The third-order valence-corrected chi connectivity index (χ3v) is 6.03. The lowest BCUT2D eigenvalue weighted by Crippen LogP contribution is -2.27. The van der Waals surface area contributed by atoms with E-state index in [1.54, 1.807) is 0 Å². The van der Waals surface area contributed by atoms with Crippen molar-refractivity contribution in [3.05, 3.63) is 76.5 Å². The van der Waals surface area contributed by atoms with Crippen LogP contribution in [0.5, 0.6) is 0 Å². The van der Waals surface area contributed by atoms with Crippen molar-refractivity contribution >= 4 is 0 Å². The largest absolute Gasteiger partial charge is 0.328 e. The van der Waals surface area contributed by atoms with Crippen LogP contribution in [0.1, 0.15) is 57.3 Å². The Bertz CT molecular complexity index is 1210. The number of tetrazole rings is 1. The Balaban J connectivity index is 1.76. The topological polar surface area (TPSA) is 81.4 Å². The zero-order chi connectivity index (χ0) is 22.5. The molecule has 0 spiro atoms. The summed E-state index contributed by atoms with van der Waals surface area (Å²) in [6, 6.07) is 16.6. The summed E-state index contributed by atoms with van der Waals surface area (Å²) in [5.41, 5.74) is 5.19. The van der Waals surface area contributed by atoms with Gasteiger partial charge in [0.1, 0.15) is 0 Å². The summed E-state index contributed by atoms with van der Waals surface area (Å²) in [7, 11) is 0. The molecule has 2 aromatic carbocycles. The lowest BCUT2D eigenvalue weighted by molar-refractivity contribution is 0.504. The SMILES string of the molecule is CCCCc1cn(C(C)CC)c(=O)n1Cc1ccc(-c2ccccc2)c(-c2nn[nH]n2)c1. The van der Waals surface area contributed by atoms with Gasteiger partial charge in [-0.25, -0.2) is 4.79 Å². The maximum atomic E-state index is 13.2. The van der Waals surface area contributed by atoms with Gasteiger partial charge in [-0.3, -0.25) is 9.13 Å². The van der Waals surface area contributed by atoms with Gasteiger partial charge in [0.15, 0.2) is 0 Å². The molecule has 1 unspecified atom stereocenters. The fourth-order valence-corrected chi connectivity index (χ4v) is 3.99. The van der Waals surface area contributed by atoms with Crippen molar-refractivity contribution in [2.45, 2.75) is 59.0 Å². The number of aromatic nitrogens is 6. The minimum absolute atomic E-state index is 0.0544. The van der Waals surface area contributed by atoms with Crippen LogP contribution in [-0.2, 0) is 13.0 Å². The molecule has 0 saturated carbocycles. The molecule has 0 aliphatic carbocycles. The molecule has 166 valence electrons. The van der Waals surface area contributed by atoms with E-state index >= 15 is 0 Å². The Kier molecular flexibility index (Phi) is 6.63. The highest BCUT2D eigenvalue weighted by Crippen LogP contribution is 2.31. The number of benzene rings is 2. The van der Waals surface area contributed by atoms with Crippen LogP contribution in [-0.4, -0.2) is 29.8 Å². The number of nitrogens with zero attached hydrogens (tertiary/aromatic N) is 5. The Labute approximate surface area is 188 Å². The first-order chi connectivity index (χ1) is 15.6. The zero-order valence-corrected chi connectivity index (χ0v) is 19.0. The molecule has 0 fully saturated rings. The molecule has 0 amide bonds. The van der Waals surface area contributed by atoms with Crippen LogP contribution in [0.3, 0.4) is 0 Å². The quantitative estimate of drug-likeness (QED) is 0.411. The van der Waals surface area contributed by atoms with Gasteiger partial charge in [0.05, 0.1) is 6.54 Å². The molecular formula is C25H30N6O. The van der Waals surface area contributed by atoms with E-state index < -0.39 is 0 Å². The molecule has 32 heavy (non-hydrogen) atoms. The van der Waals surface area contributed by atoms with Gasteiger partial charge in [0.25, 0.3) is 0 Å². The van der Waals surface area contributed by atoms with Crippen LogP contribution in [0.4, 0.5) is 0 Å². The number of unbranched alkanes of at least 4 members (excludes halogenated alkanes) is 1. The summed E-state index contributed by atoms with van der Waals surface area (Å²) in [5, 5.41) is 14.7. The number of aromatic amines is 1. The van der Waals surface area contributed by atoms with Gasteiger partial charge in [0, 0.05) is 23.5 Å². The van der Waals surface area contributed by atoms with Crippen LogP contribution in [0, 0.1) is 0 Å². The summed E-state index contributed by atoms with van der Waals surface area (Å²) in [5.74, 6) is 0.543. The van der Waals surface area contributed by atoms with Crippen molar-refractivity contribution in [2.75, 3.05) is 0 Å². The van der Waals surface area contributed by atoms with E-state index in [4.69, 9.17) is 0 Å². The summed E-state index contributed by atoms with van der Waals surface area (Å²) in [4.78, 5) is 13.2. The third-order valence-electron chi connectivity index (χ3n) is 6.03. The molecular weight excluding hydrogens is 400 g/mol. The van der Waals surface area contributed by atoms with Crippen molar-refractivity contribution in [1.82, 2.24) is 29.8 Å². The highest BCUT2D eigenvalue weighted by molar-refractivity contribution is 5.80. The zero-order valence-electron chi connectivity index (χ0n) is 19.0. The molecule has 7 nitrogen and oxygen atoms in total. The molecule has 7 heteroatoms. The van der Waals surface area contributed by atoms with Crippen LogP contribution in [0.25, 0.3) is 22.5 Å². The van der Waals surface area contributed by atoms with Crippen LogP contribution < -0.4 is 5.69 Å². The first kappa shape index (κ1) is 21.7. The smallest absolute Gasteiger partial charge is 0.296 e. The Morgan fingerprint density at radius 1 is 1.06 bits per heavy atom. The monoisotopic (exact) mass is 430 g/mol. The third kappa shape index (κ3) is 4.42. The molecule has 1 N–H and O–H groups in total. The second-order valence-corrected chi connectivity index (χ2v) is 8.24. The minimum atomic E-state index is 0.0544. The van der Waals surface area contributed by atoms with E-state index in [9.17, 15) is 4.79 Å². The van der Waals surface area contributed by atoms with Crippen molar-refractivity contribution in [2.24, 2.45) is 0 Å². The lowest BCUT2D eigenvalue weighted by Gasteiger charge is -2.12. The molecule has 2 aromatic heterocycles. The highest BCUT2D eigenvalue weighted by Gasteiger charge is 2.17. The molecule has 0 aliphatic heterocycles. The highest BCUT2D eigenvalue weighted by atomic mass is 16.1. The molecule has 2 heterocycles. The predicted molar refractivity (Wildman–Crippen MR) is 126 cm³/mol. The Hall–Kier alpha value is -3.48. The molecule has 4 aromatic rings. The van der Waals surface area contributed by atoms with Gasteiger partial charge in [-0.15, -0.1) is 10.2 Å². The van der Waals surface area contributed by atoms with Gasteiger partial charge in [-0.1, -0.05) is 62.7 Å². The van der Waals surface area contributed by atoms with Gasteiger partial charge in [0.2, 0.25) is 5.82 Å². The molecule has 0 bridgehead atoms. The number of nitrogens with one attached hydrogen (secondary N) is 1. The second-order valence-electron chi connectivity index (χ2n) is 8.24. The van der Waals surface area contributed by atoms with E-state index in [0.717, 1.165) is 53.6 Å². The van der Waals surface area contributed by atoms with Crippen LogP contribution >= 0.6 is 0 Å². The molecule has 0 saturated heterocycles. The summed E-state index contributed by atoms with van der Waals surface area (Å²) in [6.07, 6.45) is 6.02. The molecule has 4 rings (SSSR count). The number of H-pyrrole nitrogens is 1. The number of hydrogen-bond donors (Lipinski definition) is 1. The fraction of sp³-hybridized carbons (Fsp3) is 0.360. The Morgan fingerprint density at radius 2 is 1.88 bits per heavy atom. The van der Waals surface area contributed by atoms with E-state index in [1.165, 1.54) is 0 Å². The summed E-state index contributed by atoms with van der Waals surface area (Å²) < 4.78 is 3.79. The predicted octanol–water partition coefficient (Wildman–Crippen LogP) is 4.86. The molecule has 0 aliphatic rings. The minimum Gasteiger partial charge on any atom is -0.296 e. The van der Waals surface area contributed by atoms with Crippen molar-refractivity contribution in [3.8, 4) is 22.5 Å². The number of imidazole rings is 1. The maximum absolute atomic E-state index is 13.2. The number of aryl methyl sites for hydroxylation is 1. The van der Waals surface area contributed by atoms with E-state index in [2.05, 4.69) is 71.7 Å². The van der Waals surface area contributed by atoms with Gasteiger partial charge >= 0.3 is 5.69 Å².